The Hall–Kier alpha value is -2.44. The highest BCUT2D eigenvalue weighted by Crippen LogP contribution is 2.19. The minimum Gasteiger partial charge on any atom is -0.328 e. The summed E-state index contributed by atoms with van der Waals surface area (Å²) < 4.78 is 0. The number of anilines is 1. The molecule has 94 valence electrons. The number of para-hydroxylation sites is 1. The van der Waals surface area contributed by atoms with E-state index in [2.05, 4.69) is 17.5 Å². The maximum absolute atomic E-state index is 11.6. The molecule has 2 rings (SSSR count). The molecular weight excluding hydrogens is 262 g/mol. The van der Waals surface area contributed by atoms with Gasteiger partial charge in [-0.2, -0.15) is 0 Å². The first-order chi connectivity index (χ1) is 9.27. The quantitative estimate of drug-likeness (QED) is 0.527. The highest BCUT2D eigenvalue weighted by molar-refractivity contribution is 6.33. The van der Waals surface area contributed by atoms with Crippen LogP contribution in [0.2, 0.25) is 5.02 Å². The van der Waals surface area contributed by atoms with E-state index in [0.29, 0.717) is 16.3 Å². The Labute approximate surface area is 116 Å². The third-order valence-electron chi connectivity index (χ3n) is 2.29. The molecule has 0 bridgehead atoms. The molecule has 0 radical (unpaired) electrons. The first-order valence-electron chi connectivity index (χ1n) is 5.54. The monoisotopic (exact) mass is 271 g/mol. The van der Waals surface area contributed by atoms with Gasteiger partial charge in [-0.3, -0.25) is 4.79 Å². The first-order valence-corrected chi connectivity index (χ1v) is 5.92. The van der Waals surface area contributed by atoms with Crippen molar-refractivity contribution in [2.45, 2.75) is 0 Å². The molecule has 4 heteroatoms. The molecule has 0 amide bonds. The molecule has 0 saturated heterocycles. The number of carbonyl (C=O) groups is 1. The van der Waals surface area contributed by atoms with Gasteiger partial charge < -0.3 is 4.84 Å². The lowest BCUT2D eigenvalue weighted by molar-refractivity contribution is 0.105. The van der Waals surface area contributed by atoms with E-state index in [9.17, 15) is 4.79 Å². The van der Waals surface area contributed by atoms with Gasteiger partial charge >= 0.3 is 0 Å². The van der Waals surface area contributed by atoms with Crippen molar-refractivity contribution < 1.29 is 9.63 Å². The minimum absolute atomic E-state index is 0.304. The first kappa shape index (κ1) is 13.0. The Kier molecular flexibility index (Phi) is 4.44. The van der Waals surface area contributed by atoms with Crippen molar-refractivity contribution in [3.63, 3.8) is 0 Å². The third-order valence-corrected chi connectivity index (χ3v) is 2.62. The van der Waals surface area contributed by atoms with E-state index in [0.717, 1.165) is 0 Å². The fourth-order valence-electron chi connectivity index (χ4n) is 1.36. The Morgan fingerprint density at radius 3 is 2.47 bits per heavy atom. The van der Waals surface area contributed by atoms with Gasteiger partial charge in [-0.15, -0.1) is 0 Å². The van der Waals surface area contributed by atoms with Crippen molar-refractivity contribution in [1.82, 2.24) is 0 Å². The molecule has 2 aromatic carbocycles. The summed E-state index contributed by atoms with van der Waals surface area (Å²) in [6, 6.07) is 15.8. The molecule has 2 aromatic rings. The summed E-state index contributed by atoms with van der Waals surface area (Å²) in [5, 5.41) is 0.513. The average molecular weight is 272 g/mol. The molecule has 0 fully saturated rings. The molecule has 0 atom stereocenters. The van der Waals surface area contributed by atoms with Crippen LogP contribution in [-0.2, 0) is 4.84 Å². The normalized spacial score (nSPS) is 9.11. The summed E-state index contributed by atoms with van der Waals surface area (Å²) in [6.07, 6.45) is 2.29. The van der Waals surface area contributed by atoms with Gasteiger partial charge in [0.2, 0.25) is 5.78 Å². The molecule has 0 unspecified atom stereocenters. The Morgan fingerprint density at radius 1 is 1.05 bits per heavy atom. The van der Waals surface area contributed by atoms with Crippen LogP contribution in [0.3, 0.4) is 0 Å². The van der Waals surface area contributed by atoms with Crippen molar-refractivity contribution in [2.75, 3.05) is 5.48 Å². The molecule has 0 spiro atoms. The molecule has 1 N–H and O–H groups in total. The van der Waals surface area contributed by atoms with Crippen molar-refractivity contribution in [3.8, 4) is 12.0 Å². The zero-order valence-electron chi connectivity index (χ0n) is 9.89. The molecule has 0 aliphatic carbocycles. The molecule has 0 aliphatic heterocycles. The van der Waals surface area contributed by atoms with Crippen LogP contribution in [0.4, 0.5) is 5.69 Å². The van der Waals surface area contributed by atoms with E-state index < -0.39 is 0 Å². The number of ketones is 1. The Balaban J connectivity index is 1.92. The maximum atomic E-state index is 11.6. The summed E-state index contributed by atoms with van der Waals surface area (Å²) >= 11 is 5.90. The number of nitrogens with one attached hydrogen (secondary N) is 1. The number of hydrogen-bond donors (Lipinski definition) is 1. The predicted molar refractivity (Wildman–Crippen MR) is 74.7 cm³/mol. The number of benzene rings is 2. The second-order valence-electron chi connectivity index (χ2n) is 3.61. The van der Waals surface area contributed by atoms with E-state index in [-0.39, 0.29) is 5.78 Å². The number of halogens is 1. The average Bonchev–Trinajstić information content (AvgIpc) is 2.46. The molecule has 0 heterocycles. The molecule has 0 aliphatic rings. The maximum Gasteiger partial charge on any atom is 0.239 e. The van der Waals surface area contributed by atoms with E-state index in [1.165, 1.54) is 0 Å². The highest BCUT2D eigenvalue weighted by atomic mass is 35.5. The second-order valence-corrected chi connectivity index (χ2v) is 4.01. The van der Waals surface area contributed by atoms with Gasteiger partial charge in [-0.05, 0) is 12.1 Å². The van der Waals surface area contributed by atoms with Crippen LogP contribution in [0.5, 0.6) is 0 Å². The van der Waals surface area contributed by atoms with Crippen LogP contribution >= 0.6 is 11.6 Å². The van der Waals surface area contributed by atoms with Gasteiger partial charge in [0.1, 0.15) is 0 Å². The fraction of sp³-hybridized carbons (Fsp3) is 0. The Morgan fingerprint density at radius 2 is 1.74 bits per heavy atom. The van der Waals surface area contributed by atoms with Gasteiger partial charge in [0.25, 0.3) is 0 Å². The molecule has 0 aromatic heterocycles. The smallest absolute Gasteiger partial charge is 0.239 e. The summed E-state index contributed by atoms with van der Waals surface area (Å²) in [5.41, 5.74) is 3.67. The highest BCUT2D eigenvalue weighted by Gasteiger charge is 2.00. The van der Waals surface area contributed by atoms with Crippen molar-refractivity contribution in [1.29, 1.82) is 0 Å². The minimum atomic E-state index is -0.304. The van der Waals surface area contributed by atoms with Gasteiger partial charge in [0, 0.05) is 11.5 Å². The van der Waals surface area contributed by atoms with Crippen LogP contribution in [0.25, 0.3) is 0 Å². The van der Waals surface area contributed by atoms with Crippen LogP contribution in [-0.4, -0.2) is 5.78 Å². The van der Waals surface area contributed by atoms with Crippen LogP contribution in [0.1, 0.15) is 10.4 Å². The summed E-state index contributed by atoms with van der Waals surface area (Å²) in [6.45, 7) is 0. The summed E-state index contributed by atoms with van der Waals surface area (Å²) in [5.74, 6) is 2.07. The molecular formula is C15H10ClNO2. The van der Waals surface area contributed by atoms with E-state index in [1.807, 2.05) is 6.07 Å². The SMILES string of the molecule is O=C(C#CONc1ccccc1Cl)c1ccccc1. The zero-order chi connectivity index (χ0) is 13.5. The lowest BCUT2D eigenvalue weighted by Gasteiger charge is -2.02. The molecule has 0 saturated carbocycles. The van der Waals surface area contributed by atoms with Gasteiger partial charge in [-0.1, -0.05) is 54.1 Å². The zero-order valence-corrected chi connectivity index (χ0v) is 10.6. The largest absolute Gasteiger partial charge is 0.328 e. The summed E-state index contributed by atoms with van der Waals surface area (Å²) in [4.78, 5) is 16.5. The molecule has 19 heavy (non-hydrogen) atoms. The molecule has 3 nitrogen and oxygen atoms in total. The fourth-order valence-corrected chi connectivity index (χ4v) is 1.53. The Bertz CT molecular complexity index is 629. The van der Waals surface area contributed by atoms with E-state index in [1.54, 1.807) is 48.5 Å². The van der Waals surface area contributed by atoms with Gasteiger partial charge in [-0.25, -0.2) is 5.48 Å². The standard InChI is InChI=1S/C15H10ClNO2/c16-13-8-4-5-9-14(13)17-19-11-10-15(18)12-6-2-1-3-7-12/h1-9,17H. The van der Waals surface area contributed by atoms with Crippen LogP contribution < -0.4 is 5.48 Å². The number of carbonyl (C=O) groups excluding carboxylic acids is 1. The lowest BCUT2D eigenvalue weighted by atomic mass is 10.1. The van der Waals surface area contributed by atoms with Crippen molar-refractivity contribution >= 4 is 23.1 Å². The second kappa shape index (κ2) is 6.48. The predicted octanol–water partition coefficient (Wildman–Crippen LogP) is 3.53. The van der Waals surface area contributed by atoms with Gasteiger partial charge in [0.15, 0.2) is 6.11 Å². The van der Waals surface area contributed by atoms with Crippen LogP contribution in [0.15, 0.2) is 54.6 Å². The number of Topliss-reactive ketones (excluding diaryl/α,β-unsaturated/α-hetero) is 1. The van der Waals surface area contributed by atoms with Crippen molar-refractivity contribution in [3.05, 3.63) is 65.2 Å². The van der Waals surface area contributed by atoms with E-state index >= 15 is 0 Å². The van der Waals surface area contributed by atoms with Gasteiger partial charge in [0.05, 0.1) is 10.7 Å². The number of rotatable bonds is 3. The van der Waals surface area contributed by atoms with E-state index in [4.69, 9.17) is 16.4 Å². The lowest BCUT2D eigenvalue weighted by Crippen LogP contribution is -1.98. The van der Waals surface area contributed by atoms with Crippen LogP contribution in [0, 0.1) is 12.0 Å². The van der Waals surface area contributed by atoms with Crippen molar-refractivity contribution in [2.24, 2.45) is 0 Å². The summed E-state index contributed by atoms with van der Waals surface area (Å²) in [7, 11) is 0. The topological polar surface area (TPSA) is 38.3 Å². The third kappa shape index (κ3) is 3.77. The number of hydrogen-bond acceptors (Lipinski definition) is 3.